The Hall–Kier alpha value is -1.10. The Balaban J connectivity index is 1.23. The molecular formula is C21H32N4O4S2. The number of hydrogen-bond acceptors (Lipinski definition) is 8. The summed E-state index contributed by atoms with van der Waals surface area (Å²) in [6, 6.07) is 0.127. The van der Waals surface area contributed by atoms with E-state index in [4.69, 9.17) is 9.47 Å². The van der Waals surface area contributed by atoms with Gasteiger partial charge in [0.2, 0.25) is 21.8 Å². The van der Waals surface area contributed by atoms with Gasteiger partial charge in [-0.3, -0.25) is 4.31 Å². The van der Waals surface area contributed by atoms with Gasteiger partial charge in [-0.15, -0.1) is 0 Å². The number of rotatable bonds is 7. The lowest BCUT2D eigenvalue weighted by Crippen LogP contribution is -2.50. The van der Waals surface area contributed by atoms with E-state index in [2.05, 4.69) is 20.5 Å². The van der Waals surface area contributed by atoms with E-state index >= 15 is 0 Å². The minimum absolute atomic E-state index is 0.0191. The van der Waals surface area contributed by atoms with Crippen molar-refractivity contribution >= 4 is 22.0 Å². The van der Waals surface area contributed by atoms with Gasteiger partial charge >= 0.3 is 0 Å². The average molecular weight is 469 g/mol. The van der Waals surface area contributed by atoms with E-state index in [0.29, 0.717) is 11.8 Å². The Labute approximate surface area is 189 Å². The Morgan fingerprint density at radius 1 is 0.935 bits per heavy atom. The van der Waals surface area contributed by atoms with Gasteiger partial charge in [0, 0.05) is 38.0 Å². The van der Waals surface area contributed by atoms with Crippen molar-refractivity contribution in [3.8, 4) is 11.8 Å². The molecule has 8 nitrogen and oxygen atoms in total. The largest absolute Gasteiger partial charge is 0.474 e. The summed E-state index contributed by atoms with van der Waals surface area (Å²) in [5.74, 6) is 1.17. The molecule has 1 saturated carbocycles. The van der Waals surface area contributed by atoms with E-state index in [1.807, 2.05) is 11.2 Å². The first-order chi connectivity index (χ1) is 15.0. The molecule has 3 saturated heterocycles. The lowest BCUT2D eigenvalue weighted by Gasteiger charge is -2.38. The van der Waals surface area contributed by atoms with Crippen molar-refractivity contribution in [3.05, 3.63) is 11.9 Å². The summed E-state index contributed by atoms with van der Waals surface area (Å²) < 4.78 is 42.4. The minimum Gasteiger partial charge on any atom is -0.474 e. The van der Waals surface area contributed by atoms with Crippen LogP contribution in [-0.2, 0) is 10.0 Å². The van der Waals surface area contributed by atoms with Crippen LogP contribution in [0, 0.1) is 6.92 Å². The van der Waals surface area contributed by atoms with Crippen LogP contribution in [0.1, 0.15) is 56.9 Å². The molecule has 10 heteroatoms. The van der Waals surface area contributed by atoms with Gasteiger partial charge in [-0.05, 0) is 51.7 Å². The topological polar surface area (TPSA) is 84.9 Å². The van der Waals surface area contributed by atoms with Crippen molar-refractivity contribution < 1.29 is 17.9 Å². The highest BCUT2D eigenvalue weighted by atomic mass is 32.2. The van der Waals surface area contributed by atoms with Crippen LogP contribution in [0.15, 0.2) is 6.33 Å². The molecule has 1 aromatic heterocycles. The monoisotopic (exact) mass is 468 g/mol. The number of hydrogen-bond donors (Lipinski definition) is 0. The van der Waals surface area contributed by atoms with E-state index in [1.165, 1.54) is 6.33 Å². The third-order valence-electron chi connectivity index (χ3n) is 7.07. The van der Waals surface area contributed by atoms with Crippen LogP contribution in [0.2, 0.25) is 0 Å². The van der Waals surface area contributed by atoms with E-state index in [0.717, 1.165) is 70.0 Å². The van der Waals surface area contributed by atoms with Crippen LogP contribution < -0.4 is 9.47 Å². The molecule has 5 rings (SSSR count). The molecule has 0 spiro atoms. The molecule has 1 aliphatic carbocycles. The van der Waals surface area contributed by atoms with E-state index in [-0.39, 0.29) is 29.5 Å². The van der Waals surface area contributed by atoms with Gasteiger partial charge in [-0.25, -0.2) is 18.4 Å². The van der Waals surface area contributed by atoms with Gasteiger partial charge in [-0.1, -0.05) is 11.9 Å². The Kier molecular flexibility index (Phi) is 6.09. The first-order valence-corrected chi connectivity index (χ1v) is 14.1. The van der Waals surface area contributed by atoms with Crippen LogP contribution in [0.4, 0.5) is 0 Å². The molecule has 3 atom stereocenters. The molecule has 4 fully saturated rings. The second kappa shape index (κ2) is 8.68. The molecule has 1 unspecified atom stereocenters. The van der Waals surface area contributed by atoms with Crippen molar-refractivity contribution in [2.75, 3.05) is 19.3 Å². The SMILES string of the molecule is CSN1CCC(Oc2ncnc(OC3C[C@H]4CC[C@@H](C3)N4S(=O)(=O)C3CC3)c2C)CC1. The molecule has 2 bridgehead atoms. The van der Waals surface area contributed by atoms with Crippen molar-refractivity contribution in [1.29, 1.82) is 0 Å². The van der Waals surface area contributed by atoms with Crippen molar-refractivity contribution in [3.63, 3.8) is 0 Å². The molecule has 0 N–H and O–H groups in total. The average Bonchev–Trinajstić information content (AvgIpc) is 3.57. The summed E-state index contributed by atoms with van der Waals surface area (Å²) >= 11 is 1.78. The van der Waals surface area contributed by atoms with E-state index in [1.54, 1.807) is 11.9 Å². The third kappa shape index (κ3) is 4.41. The predicted molar refractivity (Wildman–Crippen MR) is 120 cm³/mol. The zero-order valence-electron chi connectivity index (χ0n) is 18.3. The lowest BCUT2D eigenvalue weighted by molar-refractivity contribution is 0.0891. The fraction of sp³-hybridized carbons (Fsp3) is 0.810. The van der Waals surface area contributed by atoms with Crippen LogP contribution in [0.5, 0.6) is 11.8 Å². The Bertz CT molecular complexity index is 889. The van der Waals surface area contributed by atoms with Crippen LogP contribution >= 0.6 is 11.9 Å². The molecule has 1 aromatic rings. The maximum absolute atomic E-state index is 12.8. The predicted octanol–water partition coefficient (Wildman–Crippen LogP) is 2.77. The van der Waals surface area contributed by atoms with Crippen LogP contribution in [0.25, 0.3) is 0 Å². The first kappa shape index (κ1) is 21.7. The highest BCUT2D eigenvalue weighted by Crippen LogP contribution is 2.43. The second-order valence-electron chi connectivity index (χ2n) is 9.21. The molecule has 0 amide bonds. The number of ether oxygens (including phenoxy) is 2. The summed E-state index contributed by atoms with van der Waals surface area (Å²) in [6.07, 6.45) is 10.7. The minimum atomic E-state index is -3.13. The number of aromatic nitrogens is 2. The Morgan fingerprint density at radius 2 is 1.52 bits per heavy atom. The summed E-state index contributed by atoms with van der Waals surface area (Å²) in [7, 11) is -3.13. The number of piperidine rings is 2. The lowest BCUT2D eigenvalue weighted by atomic mass is 10.0. The van der Waals surface area contributed by atoms with Gasteiger partial charge in [0.25, 0.3) is 0 Å². The molecule has 4 aliphatic rings. The molecule has 3 aliphatic heterocycles. The summed E-state index contributed by atoms with van der Waals surface area (Å²) in [5, 5.41) is -0.139. The Morgan fingerprint density at radius 3 is 2.06 bits per heavy atom. The molecule has 0 radical (unpaired) electrons. The molecule has 31 heavy (non-hydrogen) atoms. The van der Waals surface area contributed by atoms with Gasteiger partial charge in [0.05, 0.1) is 10.8 Å². The fourth-order valence-electron chi connectivity index (χ4n) is 5.24. The highest BCUT2D eigenvalue weighted by molar-refractivity contribution is 7.96. The third-order valence-corrected chi connectivity index (χ3v) is 10.4. The summed E-state index contributed by atoms with van der Waals surface area (Å²) in [4.78, 5) is 8.73. The fourth-order valence-corrected chi connectivity index (χ4v) is 8.10. The number of nitrogens with zero attached hydrogens (tertiary/aromatic N) is 4. The first-order valence-electron chi connectivity index (χ1n) is 11.4. The van der Waals surface area contributed by atoms with E-state index < -0.39 is 10.0 Å². The quantitative estimate of drug-likeness (QED) is 0.565. The standard InChI is InChI=1S/C21H32N4O4S2/c1-14-20(28-17-7-9-24(30-2)10-8-17)22-13-23-21(14)29-18-11-15-3-4-16(12-18)25(15)31(26,27)19-5-6-19/h13,15-19H,3-12H2,1-2H3/t15-,16+,18?. The van der Waals surface area contributed by atoms with Crippen LogP contribution in [-0.4, -0.2) is 75.9 Å². The summed E-state index contributed by atoms with van der Waals surface area (Å²) in [6.45, 7) is 3.98. The van der Waals surface area contributed by atoms with Crippen molar-refractivity contribution in [2.24, 2.45) is 0 Å². The van der Waals surface area contributed by atoms with Gasteiger partial charge < -0.3 is 9.47 Å². The van der Waals surface area contributed by atoms with E-state index in [9.17, 15) is 8.42 Å². The zero-order valence-corrected chi connectivity index (χ0v) is 19.9. The molecule has 4 heterocycles. The van der Waals surface area contributed by atoms with Crippen molar-refractivity contribution in [1.82, 2.24) is 18.6 Å². The maximum atomic E-state index is 12.8. The maximum Gasteiger partial charge on any atom is 0.223 e. The van der Waals surface area contributed by atoms with Gasteiger partial charge in [0.1, 0.15) is 18.5 Å². The summed E-state index contributed by atoms with van der Waals surface area (Å²) in [5.41, 5.74) is 0.829. The van der Waals surface area contributed by atoms with Crippen molar-refractivity contribution in [2.45, 2.75) is 87.8 Å². The van der Waals surface area contributed by atoms with Gasteiger partial charge in [0.15, 0.2) is 0 Å². The van der Waals surface area contributed by atoms with Crippen LogP contribution in [0.3, 0.4) is 0 Å². The molecular weight excluding hydrogens is 436 g/mol. The smallest absolute Gasteiger partial charge is 0.223 e. The molecule has 0 aromatic carbocycles. The highest BCUT2D eigenvalue weighted by Gasteiger charge is 2.52. The zero-order chi connectivity index (χ0) is 21.6. The van der Waals surface area contributed by atoms with Gasteiger partial charge in [-0.2, -0.15) is 4.31 Å². The number of fused-ring (bicyclic) bond motifs is 2. The number of sulfonamides is 1. The molecule has 172 valence electrons. The normalized spacial score (nSPS) is 30.5. The second-order valence-corrected chi connectivity index (χ2v) is 12.2.